The van der Waals surface area contributed by atoms with Crippen molar-refractivity contribution in [1.82, 2.24) is 0 Å². The van der Waals surface area contributed by atoms with Gasteiger partial charge >= 0.3 is 5.97 Å². The molecule has 0 aromatic heterocycles. The smallest absolute Gasteiger partial charge is 0.312 e. The average molecular weight is 378 g/mol. The first-order valence-corrected chi connectivity index (χ1v) is 9.60. The van der Waals surface area contributed by atoms with E-state index in [4.69, 9.17) is 16.3 Å². The summed E-state index contributed by atoms with van der Waals surface area (Å²) in [4.78, 5) is 24.9. The lowest BCUT2D eigenvalue weighted by Crippen LogP contribution is -2.58. The number of rotatable bonds is 4. The Morgan fingerprint density at radius 2 is 1.96 bits per heavy atom. The van der Waals surface area contributed by atoms with Crippen LogP contribution < -0.4 is 5.32 Å². The van der Waals surface area contributed by atoms with Crippen LogP contribution in [0.3, 0.4) is 0 Å². The number of nitrogens with one attached hydrogen (secondary N) is 1. The second kappa shape index (κ2) is 6.24. The van der Waals surface area contributed by atoms with Gasteiger partial charge in [0.05, 0.1) is 21.7 Å². The molecule has 5 nitrogen and oxygen atoms in total. The summed E-state index contributed by atoms with van der Waals surface area (Å²) in [5.74, 6) is 0.0469. The van der Waals surface area contributed by atoms with Gasteiger partial charge in [-0.15, -0.1) is 0 Å². The summed E-state index contributed by atoms with van der Waals surface area (Å²) >= 11 is 6.11. The molecule has 6 heteroatoms. The molecule has 140 valence electrons. The number of aryl methyl sites for hydroxylation is 1. The van der Waals surface area contributed by atoms with Crippen molar-refractivity contribution in [3.63, 3.8) is 0 Å². The topological polar surface area (TPSA) is 75.6 Å². The molecule has 5 rings (SSSR count). The van der Waals surface area contributed by atoms with Gasteiger partial charge in [-0.3, -0.25) is 9.59 Å². The first kappa shape index (κ1) is 17.8. The molecule has 26 heavy (non-hydrogen) atoms. The number of halogens is 1. The minimum absolute atomic E-state index is 0.335. The van der Waals surface area contributed by atoms with E-state index in [1.165, 1.54) is 0 Å². The lowest BCUT2D eigenvalue weighted by Gasteiger charge is -2.58. The van der Waals surface area contributed by atoms with Gasteiger partial charge in [-0.25, -0.2) is 0 Å². The van der Waals surface area contributed by atoms with Crippen molar-refractivity contribution in [2.75, 3.05) is 11.9 Å². The molecule has 1 aromatic rings. The van der Waals surface area contributed by atoms with Gasteiger partial charge in [0.2, 0.25) is 0 Å². The third kappa shape index (κ3) is 3.23. The maximum atomic E-state index is 12.8. The van der Waals surface area contributed by atoms with Crippen molar-refractivity contribution < 1.29 is 19.4 Å². The fraction of sp³-hybridized carbons (Fsp3) is 0.600. The molecule has 4 bridgehead atoms. The van der Waals surface area contributed by atoms with E-state index < -0.39 is 16.9 Å². The van der Waals surface area contributed by atoms with Crippen molar-refractivity contribution >= 4 is 29.2 Å². The number of carbonyl (C=O) groups excluding carboxylic acids is 2. The zero-order valence-corrected chi connectivity index (χ0v) is 15.6. The largest absolute Gasteiger partial charge is 0.455 e. The van der Waals surface area contributed by atoms with Crippen molar-refractivity contribution in [2.24, 2.45) is 17.3 Å². The molecule has 0 saturated heterocycles. The van der Waals surface area contributed by atoms with Crippen LogP contribution in [0.25, 0.3) is 0 Å². The Morgan fingerprint density at radius 1 is 1.27 bits per heavy atom. The van der Waals surface area contributed by atoms with Crippen LogP contribution in [-0.2, 0) is 14.3 Å². The van der Waals surface area contributed by atoms with E-state index in [1.807, 2.05) is 13.0 Å². The number of aliphatic hydroxyl groups is 1. The first-order chi connectivity index (χ1) is 12.3. The second-order valence-corrected chi connectivity index (χ2v) is 8.98. The molecule has 4 fully saturated rings. The lowest BCUT2D eigenvalue weighted by atomic mass is 9.48. The maximum absolute atomic E-state index is 12.8. The lowest BCUT2D eigenvalue weighted by molar-refractivity contribution is -0.196. The molecule has 4 aliphatic carbocycles. The van der Waals surface area contributed by atoms with Gasteiger partial charge in [0, 0.05) is 0 Å². The third-order valence-electron chi connectivity index (χ3n) is 6.20. The number of ether oxygens (including phenoxy) is 1. The Kier molecular flexibility index (Phi) is 4.27. The van der Waals surface area contributed by atoms with Gasteiger partial charge in [-0.2, -0.15) is 0 Å². The van der Waals surface area contributed by atoms with Crippen LogP contribution in [-0.4, -0.2) is 29.2 Å². The minimum atomic E-state index is -0.721. The van der Waals surface area contributed by atoms with Crippen LogP contribution in [0.15, 0.2) is 18.2 Å². The average Bonchev–Trinajstić information content (AvgIpc) is 2.53. The summed E-state index contributed by atoms with van der Waals surface area (Å²) in [7, 11) is 0. The van der Waals surface area contributed by atoms with E-state index in [9.17, 15) is 14.7 Å². The molecule has 2 unspecified atom stereocenters. The number of anilines is 1. The van der Waals surface area contributed by atoms with E-state index in [0.29, 0.717) is 29.0 Å². The highest BCUT2D eigenvalue weighted by molar-refractivity contribution is 6.33. The maximum Gasteiger partial charge on any atom is 0.312 e. The van der Waals surface area contributed by atoms with Crippen molar-refractivity contribution in [3.05, 3.63) is 28.8 Å². The molecular weight excluding hydrogens is 354 g/mol. The Morgan fingerprint density at radius 3 is 2.58 bits per heavy atom. The predicted octanol–water partition coefficient (Wildman–Crippen LogP) is 3.46. The zero-order valence-electron chi connectivity index (χ0n) is 14.9. The molecule has 0 radical (unpaired) electrons. The molecule has 2 N–H and O–H groups in total. The Hall–Kier alpha value is -1.59. The molecule has 0 aliphatic heterocycles. The van der Waals surface area contributed by atoms with E-state index in [0.717, 1.165) is 37.7 Å². The van der Waals surface area contributed by atoms with Crippen LogP contribution in [0.5, 0.6) is 0 Å². The molecule has 0 spiro atoms. The quantitative estimate of drug-likeness (QED) is 0.788. The molecule has 4 aliphatic rings. The van der Waals surface area contributed by atoms with Crippen LogP contribution in [0.2, 0.25) is 5.02 Å². The molecular formula is C20H24ClNO4. The van der Waals surface area contributed by atoms with E-state index in [1.54, 1.807) is 12.1 Å². The number of hydrogen-bond donors (Lipinski definition) is 2. The van der Waals surface area contributed by atoms with E-state index >= 15 is 0 Å². The van der Waals surface area contributed by atoms with E-state index in [-0.39, 0.29) is 12.6 Å². The number of hydrogen-bond acceptors (Lipinski definition) is 4. The van der Waals surface area contributed by atoms with Crippen LogP contribution in [0, 0.1) is 24.2 Å². The number of benzene rings is 1. The van der Waals surface area contributed by atoms with Gasteiger partial charge in [0.1, 0.15) is 0 Å². The van der Waals surface area contributed by atoms with Crippen LogP contribution in [0.4, 0.5) is 5.69 Å². The van der Waals surface area contributed by atoms with Crippen LogP contribution >= 0.6 is 11.6 Å². The molecule has 0 heterocycles. The second-order valence-electron chi connectivity index (χ2n) is 8.57. The first-order valence-electron chi connectivity index (χ1n) is 9.23. The Balaban J connectivity index is 1.37. The molecule has 4 atom stereocenters. The SMILES string of the molecule is Cc1ccc(NC(=O)COC(=O)C23C[C@@H]4C[C@@H](CC(O)(C4)C2)C3)c(Cl)c1. The van der Waals surface area contributed by atoms with Crippen molar-refractivity contribution in [3.8, 4) is 0 Å². The van der Waals surface area contributed by atoms with Gasteiger partial charge in [0.25, 0.3) is 5.91 Å². The monoisotopic (exact) mass is 377 g/mol. The summed E-state index contributed by atoms with van der Waals surface area (Å²) < 4.78 is 5.36. The third-order valence-corrected chi connectivity index (χ3v) is 6.51. The van der Waals surface area contributed by atoms with Gasteiger partial charge in [-0.05, 0) is 75.0 Å². The summed E-state index contributed by atoms with van der Waals surface area (Å²) in [5.41, 5.74) is 0.170. The predicted molar refractivity (Wildman–Crippen MR) is 97.8 cm³/mol. The highest BCUT2D eigenvalue weighted by Crippen LogP contribution is 2.61. The van der Waals surface area contributed by atoms with Crippen molar-refractivity contribution in [2.45, 2.75) is 51.0 Å². The fourth-order valence-electron chi connectivity index (χ4n) is 5.64. The summed E-state index contributed by atoms with van der Waals surface area (Å²) in [5, 5.41) is 13.9. The number of amides is 1. The van der Waals surface area contributed by atoms with Gasteiger partial charge in [-0.1, -0.05) is 17.7 Å². The minimum Gasteiger partial charge on any atom is -0.455 e. The Labute approximate surface area is 158 Å². The standard InChI is InChI=1S/C20H24ClNO4/c1-12-2-3-16(15(21)4-12)22-17(23)10-26-18(24)19-6-13-5-14(7-19)9-20(25,8-13)11-19/h2-4,13-14,25H,5-11H2,1H3,(H,22,23)/t13-,14+,19?,20?. The number of carbonyl (C=O) groups is 2. The van der Waals surface area contributed by atoms with Crippen LogP contribution in [0.1, 0.15) is 44.1 Å². The molecule has 1 amide bonds. The highest BCUT2D eigenvalue weighted by atomic mass is 35.5. The van der Waals surface area contributed by atoms with Gasteiger partial charge in [0.15, 0.2) is 6.61 Å². The fourth-order valence-corrected chi connectivity index (χ4v) is 5.93. The normalized spacial score (nSPS) is 34.6. The van der Waals surface area contributed by atoms with E-state index in [2.05, 4.69) is 5.32 Å². The summed E-state index contributed by atoms with van der Waals surface area (Å²) in [6.45, 7) is 1.58. The molecule has 1 aromatic carbocycles. The van der Waals surface area contributed by atoms with Gasteiger partial charge < -0.3 is 15.2 Å². The summed E-state index contributed by atoms with van der Waals surface area (Å²) in [6, 6.07) is 5.34. The number of esters is 1. The zero-order chi connectivity index (χ0) is 18.5. The molecule has 4 saturated carbocycles. The van der Waals surface area contributed by atoms with Crippen molar-refractivity contribution in [1.29, 1.82) is 0 Å². The Bertz CT molecular complexity index is 748. The highest BCUT2D eigenvalue weighted by Gasteiger charge is 2.60. The summed E-state index contributed by atoms with van der Waals surface area (Å²) in [6.07, 6.45) is 4.71.